The number of thiophene rings is 1. The number of imidazole rings is 2. The van der Waals surface area contributed by atoms with E-state index in [1.807, 2.05) is 58.8 Å². The monoisotopic (exact) mass is 680 g/mol. The van der Waals surface area contributed by atoms with E-state index in [0.717, 1.165) is 71.0 Å². The van der Waals surface area contributed by atoms with Gasteiger partial charge in [-0.15, -0.1) is 11.3 Å². The van der Waals surface area contributed by atoms with Crippen molar-refractivity contribution in [2.24, 2.45) is 5.92 Å². The molecule has 11 heteroatoms. The molecule has 3 aromatic heterocycles. The lowest BCUT2D eigenvalue weighted by Crippen LogP contribution is -2.43. The molecule has 0 radical (unpaired) electrons. The number of carbonyl (C=O) groups excluding carboxylic acids is 2. The summed E-state index contributed by atoms with van der Waals surface area (Å²) in [6.07, 6.45) is 8.12. The fourth-order valence-corrected chi connectivity index (χ4v) is 9.06. The largest absolute Gasteiger partial charge is 0.444 e. The smallest absolute Gasteiger partial charge is 0.411 e. The van der Waals surface area contributed by atoms with Gasteiger partial charge < -0.3 is 19.4 Å². The second-order valence-corrected chi connectivity index (χ2v) is 16.8. The Morgan fingerprint density at radius 2 is 1.55 bits per heavy atom. The van der Waals surface area contributed by atoms with Crippen molar-refractivity contribution in [2.45, 2.75) is 103 Å². The second-order valence-electron chi connectivity index (χ2n) is 15.8. The first-order chi connectivity index (χ1) is 23.3. The van der Waals surface area contributed by atoms with Crippen LogP contribution >= 0.6 is 11.3 Å². The Morgan fingerprint density at radius 3 is 2.35 bits per heavy atom. The number of benzene rings is 2. The number of fused-ring (bicyclic) bond motifs is 5. The molecule has 0 unspecified atom stereocenters. The first kappa shape index (κ1) is 31.9. The Hall–Kier alpha value is -4.38. The van der Waals surface area contributed by atoms with Crippen LogP contribution in [-0.4, -0.2) is 65.7 Å². The van der Waals surface area contributed by atoms with Crippen molar-refractivity contribution < 1.29 is 19.1 Å². The van der Waals surface area contributed by atoms with Gasteiger partial charge in [0.05, 0.1) is 40.7 Å². The van der Waals surface area contributed by atoms with E-state index < -0.39 is 11.2 Å². The van der Waals surface area contributed by atoms with Gasteiger partial charge in [-0.05, 0) is 108 Å². The number of likely N-dealkylation sites (tertiary alicyclic amines) is 2. The number of piperidine rings is 1. The highest BCUT2D eigenvalue weighted by Crippen LogP contribution is 2.50. The maximum absolute atomic E-state index is 13.2. The molecular formula is C38H44N6O4S. The van der Waals surface area contributed by atoms with Crippen LogP contribution in [0.2, 0.25) is 0 Å². The van der Waals surface area contributed by atoms with Crippen LogP contribution in [0.4, 0.5) is 9.59 Å². The first-order valence-electron chi connectivity index (χ1n) is 17.4. The molecule has 2 saturated heterocycles. The van der Waals surface area contributed by atoms with E-state index in [2.05, 4.69) is 46.4 Å². The van der Waals surface area contributed by atoms with Gasteiger partial charge in [-0.1, -0.05) is 24.3 Å². The molecule has 1 aliphatic carbocycles. The summed E-state index contributed by atoms with van der Waals surface area (Å²) in [6, 6.07) is 13.1. The van der Waals surface area contributed by atoms with Crippen molar-refractivity contribution in [2.75, 3.05) is 6.54 Å². The zero-order chi connectivity index (χ0) is 34.2. The zero-order valence-corrected chi connectivity index (χ0v) is 29.8. The molecule has 1 saturated carbocycles. The van der Waals surface area contributed by atoms with E-state index in [9.17, 15) is 9.59 Å². The number of nitrogens with zero attached hydrogens (tertiary/aromatic N) is 4. The van der Waals surface area contributed by atoms with Gasteiger partial charge in [0.15, 0.2) is 0 Å². The van der Waals surface area contributed by atoms with Crippen molar-refractivity contribution >= 4 is 44.4 Å². The van der Waals surface area contributed by atoms with Crippen molar-refractivity contribution in [3.63, 3.8) is 0 Å². The van der Waals surface area contributed by atoms with E-state index in [1.165, 1.54) is 15.5 Å². The topological polar surface area (TPSA) is 116 Å². The summed E-state index contributed by atoms with van der Waals surface area (Å²) < 4.78 is 12.7. The number of hydrogen-bond acceptors (Lipinski definition) is 7. The van der Waals surface area contributed by atoms with E-state index in [4.69, 9.17) is 19.4 Å². The molecule has 8 rings (SSSR count). The fraction of sp³-hybridized carbons (Fsp3) is 0.474. The molecule has 0 spiro atoms. The van der Waals surface area contributed by atoms with Gasteiger partial charge in [0, 0.05) is 22.8 Å². The second kappa shape index (κ2) is 11.6. The summed E-state index contributed by atoms with van der Waals surface area (Å²) in [5, 5.41) is 3.51. The molecule has 3 aliphatic rings. The molecule has 10 nitrogen and oxygen atoms in total. The predicted octanol–water partition coefficient (Wildman–Crippen LogP) is 9.37. The number of ether oxygens (including phenoxy) is 2. The van der Waals surface area contributed by atoms with Gasteiger partial charge in [-0.2, -0.15) is 0 Å². The third kappa shape index (κ3) is 5.96. The van der Waals surface area contributed by atoms with E-state index in [1.54, 1.807) is 16.2 Å². The van der Waals surface area contributed by atoms with Crippen LogP contribution in [0.15, 0.2) is 48.8 Å². The molecule has 5 aromatic rings. The van der Waals surface area contributed by atoms with Crippen LogP contribution in [0.3, 0.4) is 0 Å². The quantitative estimate of drug-likeness (QED) is 0.195. The van der Waals surface area contributed by atoms with Crippen LogP contribution in [0.5, 0.6) is 0 Å². The lowest BCUT2D eigenvalue weighted by Gasteiger charge is -2.35. The summed E-state index contributed by atoms with van der Waals surface area (Å²) in [7, 11) is 0. The normalized spacial score (nSPS) is 22.5. The fourth-order valence-electron chi connectivity index (χ4n) is 7.90. The number of carbonyl (C=O) groups is 2. The Morgan fingerprint density at radius 1 is 0.837 bits per heavy atom. The molecule has 4 atom stereocenters. The molecule has 5 heterocycles. The molecule has 256 valence electrons. The maximum atomic E-state index is 13.2. The summed E-state index contributed by atoms with van der Waals surface area (Å²) in [5.74, 6) is 2.02. The molecule has 49 heavy (non-hydrogen) atoms. The van der Waals surface area contributed by atoms with Crippen molar-refractivity contribution in [3.8, 4) is 21.8 Å². The number of rotatable bonds is 4. The standard InChI is InChI=1S/C38H44N6O4S/c1-37(2,3)47-35(45)43-15-7-8-29(43)33-39-19-27(41-33)22-12-14-26-21(16-22)9-10-24-18-30(49-32(24)26)28-20-40-34(42-28)31-23-11-13-25(17-23)44(31)36(46)48-38(4,5)6/h9-10,12,14,16,18-20,23,25,29,31H,7-8,11,13,15,17H2,1-6H3,(H,39,41)(H,40,42)/t23-,25+,29-,31-/m0/s1. The zero-order valence-electron chi connectivity index (χ0n) is 29.0. The average molecular weight is 681 g/mol. The molecular weight excluding hydrogens is 637 g/mol. The van der Waals surface area contributed by atoms with Crippen LogP contribution in [0.25, 0.3) is 42.7 Å². The molecule has 2 bridgehead atoms. The van der Waals surface area contributed by atoms with Crippen LogP contribution in [0.1, 0.15) is 97.4 Å². The number of hydrogen-bond donors (Lipinski definition) is 2. The van der Waals surface area contributed by atoms with Gasteiger partial charge in [-0.3, -0.25) is 9.80 Å². The lowest BCUT2D eigenvalue weighted by molar-refractivity contribution is 0.00613. The van der Waals surface area contributed by atoms with Crippen LogP contribution < -0.4 is 0 Å². The number of nitrogens with one attached hydrogen (secondary N) is 2. The highest BCUT2D eigenvalue weighted by Gasteiger charge is 2.51. The number of aromatic amines is 2. The maximum Gasteiger partial charge on any atom is 0.411 e. The Bertz CT molecular complexity index is 2070. The van der Waals surface area contributed by atoms with E-state index >= 15 is 0 Å². The Balaban J connectivity index is 1.04. The van der Waals surface area contributed by atoms with Gasteiger partial charge in [0.1, 0.15) is 22.9 Å². The molecule has 2 amide bonds. The molecule has 2 N–H and O–H groups in total. The summed E-state index contributed by atoms with van der Waals surface area (Å²) >= 11 is 1.75. The first-order valence-corrected chi connectivity index (χ1v) is 18.2. The lowest BCUT2D eigenvalue weighted by atomic mass is 9.98. The third-order valence-electron chi connectivity index (χ3n) is 9.93. The highest BCUT2D eigenvalue weighted by atomic mass is 32.1. The SMILES string of the molecule is CC(C)(C)OC(=O)N1CCC[C@H]1c1ncc(-c2ccc3c(ccc4cc(-c5cnc([C@@H]6[C@H]7CC[C@H](C7)N6C(=O)OC(C)(C)C)[nH]5)sc43)c2)[nH]1. The highest BCUT2D eigenvalue weighted by molar-refractivity contribution is 7.23. The third-order valence-corrected chi connectivity index (χ3v) is 11.2. The Kier molecular flexibility index (Phi) is 7.55. The molecule has 2 aliphatic heterocycles. The van der Waals surface area contributed by atoms with Crippen molar-refractivity contribution in [1.29, 1.82) is 0 Å². The van der Waals surface area contributed by atoms with E-state index in [0.29, 0.717) is 12.5 Å². The van der Waals surface area contributed by atoms with Gasteiger partial charge in [0.25, 0.3) is 0 Å². The molecule has 2 aromatic carbocycles. The summed E-state index contributed by atoms with van der Waals surface area (Å²) in [4.78, 5) is 47.6. The molecule has 3 fully saturated rings. The van der Waals surface area contributed by atoms with Gasteiger partial charge in [-0.25, -0.2) is 19.6 Å². The summed E-state index contributed by atoms with van der Waals surface area (Å²) in [5.41, 5.74) is 1.85. The Labute approximate surface area is 290 Å². The minimum absolute atomic E-state index is 0.0898. The number of H-pyrrole nitrogens is 2. The minimum atomic E-state index is -0.542. The number of aromatic nitrogens is 4. The van der Waals surface area contributed by atoms with Crippen molar-refractivity contribution in [1.82, 2.24) is 29.7 Å². The predicted molar refractivity (Wildman–Crippen MR) is 191 cm³/mol. The van der Waals surface area contributed by atoms with Gasteiger partial charge >= 0.3 is 12.2 Å². The summed E-state index contributed by atoms with van der Waals surface area (Å²) in [6.45, 7) is 12.1. The minimum Gasteiger partial charge on any atom is -0.444 e. The number of amides is 2. The van der Waals surface area contributed by atoms with Crippen molar-refractivity contribution in [3.05, 3.63) is 60.4 Å². The van der Waals surface area contributed by atoms with E-state index in [-0.39, 0.29) is 30.3 Å². The van der Waals surface area contributed by atoms with Crippen LogP contribution in [0, 0.1) is 5.92 Å². The van der Waals surface area contributed by atoms with Gasteiger partial charge in [0.2, 0.25) is 0 Å². The average Bonchev–Trinajstić information content (AvgIpc) is 3.88. The van der Waals surface area contributed by atoms with Crippen LogP contribution in [-0.2, 0) is 9.47 Å².